The van der Waals surface area contributed by atoms with Gasteiger partial charge in [-0.05, 0) is 23.3 Å². The van der Waals surface area contributed by atoms with E-state index < -0.39 is 36.7 Å². The highest BCUT2D eigenvalue weighted by molar-refractivity contribution is 6.32. The minimum absolute atomic E-state index is 0.0254. The predicted octanol–water partition coefficient (Wildman–Crippen LogP) is 1.75. The fourth-order valence-corrected chi connectivity index (χ4v) is 2.93. The Morgan fingerprint density at radius 1 is 1.03 bits per heavy atom. The molecule has 2 amide bonds. The molecule has 0 bridgehead atoms. The molecule has 4 N–H and O–H groups in total. The zero-order chi connectivity index (χ0) is 22.8. The SMILES string of the molecule is COc1ccc(C[C@H](NC(=O)[C@H](CO)NC(=O)OCc2ccccc2)C(=O)O)cc1Cl. The smallest absolute Gasteiger partial charge is 0.408 e. The molecule has 0 heterocycles. The molecule has 0 saturated heterocycles. The standard InChI is InChI=1S/C21H23ClN2O7/c1-30-18-8-7-14(9-15(18)22)10-16(20(27)28)23-19(26)17(11-25)24-21(29)31-12-13-5-3-2-4-6-13/h2-9,16-17,25H,10-12H2,1H3,(H,23,26)(H,24,29)(H,27,28)/t16-,17-/m0/s1. The average Bonchev–Trinajstić information content (AvgIpc) is 2.76. The molecular weight excluding hydrogens is 428 g/mol. The van der Waals surface area contributed by atoms with Crippen LogP contribution >= 0.6 is 11.6 Å². The molecule has 0 spiro atoms. The highest BCUT2D eigenvalue weighted by Gasteiger charge is 2.27. The fourth-order valence-electron chi connectivity index (χ4n) is 2.65. The fraction of sp³-hybridized carbons (Fsp3) is 0.286. The molecule has 0 aliphatic rings. The van der Waals surface area contributed by atoms with Crippen molar-refractivity contribution in [1.29, 1.82) is 0 Å². The van der Waals surface area contributed by atoms with Crippen molar-refractivity contribution in [2.45, 2.75) is 25.1 Å². The summed E-state index contributed by atoms with van der Waals surface area (Å²) in [6.07, 6.45) is -0.992. The molecule has 0 unspecified atom stereocenters. The monoisotopic (exact) mass is 450 g/mol. The number of hydrogen-bond donors (Lipinski definition) is 4. The van der Waals surface area contributed by atoms with Crippen molar-refractivity contribution in [3.8, 4) is 5.75 Å². The summed E-state index contributed by atoms with van der Waals surface area (Å²) in [5, 5.41) is 23.7. The van der Waals surface area contributed by atoms with Gasteiger partial charge in [0, 0.05) is 6.42 Å². The number of aliphatic hydroxyl groups is 1. The molecule has 0 saturated carbocycles. The summed E-state index contributed by atoms with van der Waals surface area (Å²) in [6, 6.07) is 10.9. The Balaban J connectivity index is 1.95. The number of rotatable bonds is 10. The number of aliphatic hydroxyl groups excluding tert-OH is 1. The first-order valence-corrected chi connectivity index (χ1v) is 9.65. The summed E-state index contributed by atoms with van der Waals surface area (Å²) in [5.41, 5.74) is 1.29. The van der Waals surface area contributed by atoms with Gasteiger partial charge in [0.05, 0.1) is 18.7 Å². The Hall–Kier alpha value is -3.30. The first kappa shape index (κ1) is 24.0. The van der Waals surface area contributed by atoms with E-state index in [4.69, 9.17) is 21.1 Å². The molecule has 2 rings (SSSR count). The third-order valence-corrected chi connectivity index (χ3v) is 4.57. The van der Waals surface area contributed by atoms with Gasteiger partial charge in [-0.2, -0.15) is 0 Å². The highest BCUT2D eigenvalue weighted by Crippen LogP contribution is 2.25. The van der Waals surface area contributed by atoms with Gasteiger partial charge in [0.2, 0.25) is 5.91 Å². The van der Waals surface area contributed by atoms with Crippen LogP contribution in [-0.2, 0) is 27.4 Å². The van der Waals surface area contributed by atoms with E-state index in [-0.39, 0.29) is 13.0 Å². The molecule has 10 heteroatoms. The van der Waals surface area contributed by atoms with Crippen molar-refractivity contribution in [2.24, 2.45) is 0 Å². The summed E-state index contributed by atoms with van der Waals surface area (Å²) in [5.74, 6) is -1.73. The lowest BCUT2D eigenvalue weighted by Gasteiger charge is -2.20. The average molecular weight is 451 g/mol. The molecular formula is C21H23ClN2O7. The van der Waals surface area contributed by atoms with Crippen LogP contribution in [0.1, 0.15) is 11.1 Å². The number of hydrogen-bond acceptors (Lipinski definition) is 6. The third-order valence-electron chi connectivity index (χ3n) is 4.27. The van der Waals surface area contributed by atoms with Crippen molar-refractivity contribution >= 4 is 29.6 Å². The highest BCUT2D eigenvalue weighted by atomic mass is 35.5. The van der Waals surface area contributed by atoms with Crippen molar-refractivity contribution in [3.05, 3.63) is 64.7 Å². The van der Waals surface area contributed by atoms with Crippen LogP contribution in [-0.4, -0.2) is 54.0 Å². The summed E-state index contributed by atoms with van der Waals surface area (Å²) in [6.45, 7) is -0.768. The predicted molar refractivity (Wildman–Crippen MR) is 112 cm³/mol. The topological polar surface area (TPSA) is 134 Å². The van der Waals surface area contributed by atoms with E-state index in [1.807, 2.05) is 6.07 Å². The number of carbonyl (C=O) groups is 3. The number of carboxylic acid groups (broad SMARTS) is 1. The summed E-state index contributed by atoms with van der Waals surface area (Å²) < 4.78 is 10.1. The van der Waals surface area contributed by atoms with Crippen LogP contribution in [0.5, 0.6) is 5.75 Å². The van der Waals surface area contributed by atoms with Crippen LogP contribution in [0.25, 0.3) is 0 Å². The number of halogens is 1. The van der Waals surface area contributed by atoms with Gasteiger partial charge in [-0.15, -0.1) is 0 Å². The molecule has 2 aromatic carbocycles. The van der Waals surface area contributed by atoms with E-state index >= 15 is 0 Å². The lowest BCUT2D eigenvalue weighted by molar-refractivity contribution is -0.142. The summed E-state index contributed by atoms with van der Waals surface area (Å²) in [7, 11) is 1.45. The van der Waals surface area contributed by atoms with Gasteiger partial charge in [-0.1, -0.05) is 48.0 Å². The van der Waals surface area contributed by atoms with Gasteiger partial charge >= 0.3 is 12.1 Å². The molecule has 0 aromatic heterocycles. The number of carbonyl (C=O) groups excluding carboxylic acids is 2. The van der Waals surface area contributed by atoms with E-state index in [0.717, 1.165) is 5.56 Å². The van der Waals surface area contributed by atoms with Gasteiger partial charge < -0.3 is 30.3 Å². The molecule has 166 valence electrons. The summed E-state index contributed by atoms with van der Waals surface area (Å²) >= 11 is 6.05. The number of methoxy groups -OCH3 is 1. The zero-order valence-corrected chi connectivity index (χ0v) is 17.5. The van der Waals surface area contributed by atoms with Crippen molar-refractivity contribution < 1.29 is 34.1 Å². The third kappa shape index (κ3) is 7.47. The zero-order valence-electron chi connectivity index (χ0n) is 16.7. The van der Waals surface area contributed by atoms with Crippen molar-refractivity contribution in [3.63, 3.8) is 0 Å². The Labute approximate surface area is 183 Å². The van der Waals surface area contributed by atoms with E-state index in [1.165, 1.54) is 13.2 Å². The molecule has 31 heavy (non-hydrogen) atoms. The van der Waals surface area contributed by atoms with Gasteiger partial charge in [0.1, 0.15) is 24.4 Å². The molecule has 9 nitrogen and oxygen atoms in total. The summed E-state index contributed by atoms with van der Waals surface area (Å²) in [4.78, 5) is 35.9. The largest absolute Gasteiger partial charge is 0.495 e. The van der Waals surface area contributed by atoms with Gasteiger partial charge in [-0.25, -0.2) is 9.59 Å². The second-order valence-electron chi connectivity index (χ2n) is 6.51. The first-order chi connectivity index (χ1) is 14.8. The van der Waals surface area contributed by atoms with Crippen molar-refractivity contribution in [2.75, 3.05) is 13.7 Å². The second kappa shape index (κ2) is 11.8. The molecule has 2 atom stereocenters. The van der Waals surface area contributed by atoms with E-state index in [0.29, 0.717) is 16.3 Å². The number of nitrogens with one attached hydrogen (secondary N) is 2. The van der Waals surface area contributed by atoms with Crippen LogP contribution in [0.3, 0.4) is 0 Å². The van der Waals surface area contributed by atoms with Crippen LogP contribution in [0.15, 0.2) is 48.5 Å². The molecule has 0 fully saturated rings. The minimum atomic E-state index is -1.38. The number of alkyl carbamates (subject to hydrolysis) is 1. The van der Waals surface area contributed by atoms with Crippen LogP contribution < -0.4 is 15.4 Å². The van der Waals surface area contributed by atoms with Gasteiger partial charge in [0.15, 0.2) is 0 Å². The number of benzene rings is 2. The Kier molecular flexibility index (Phi) is 9.11. The van der Waals surface area contributed by atoms with Crippen LogP contribution in [0.4, 0.5) is 4.79 Å². The van der Waals surface area contributed by atoms with Crippen LogP contribution in [0, 0.1) is 0 Å². The Bertz CT molecular complexity index is 908. The maximum atomic E-state index is 12.4. The lowest BCUT2D eigenvalue weighted by atomic mass is 10.1. The number of amides is 2. The van der Waals surface area contributed by atoms with E-state index in [2.05, 4.69) is 10.6 Å². The number of carboxylic acids is 1. The van der Waals surface area contributed by atoms with Crippen molar-refractivity contribution in [1.82, 2.24) is 10.6 Å². The maximum absolute atomic E-state index is 12.4. The Morgan fingerprint density at radius 3 is 2.32 bits per heavy atom. The molecule has 0 aliphatic heterocycles. The van der Waals surface area contributed by atoms with Gasteiger partial charge in [-0.3, -0.25) is 4.79 Å². The molecule has 0 radical (unpaired) electrons. The minimum Gasteiger partial charge on any atom is -0.495 e. The number of aliphatic carboxylic acids is 1. The second-order valence-corrected chi connectivity index (χ2v) is 6.92. The maximum Gasteiger partial charge on any atom is 0.408 e. The van der Waals surface area contributed by atoms with E-state index in [1.54, 1.807) is 36.4 Å². The van der Waals surface area contributed by atoms with Gasteiger partial charge in [0.25, 0.3) is 0 Å². The first-order valence-electron chi connectivity index (χ1n) is 9.27. The molecule has 2 aromatic rings. The van der Waals surface area contributed by atoms with Crippen LogP contribution in [0.2, 0.25) is 5.02 Å². The van der Waals surface area contributed by atoms with E-state index in [9.17, 15) is 24.6 Å². The molecule has 0 aliphatic carbocycles. The quantitative estimate of drug-likeness (QED) is 0.433. The lowest BCUT2D eigenvalue weighted by Crippen LogP contribution is -2.53. The normalized spacial score (nSPS) is 12.4. The Morgan fingerprint density at radius 2 is 1.74 bits per heavy atom. The number of ether oxygens (including phenoxy) is 2.